The van der Waals surface area contributed by atoms with Gasteiger partial charge in [-0.25, -0.2) is 4.98 Å². The number of anilines is 4. The first kappa shape index (κ1) is 23.9. The van der Waals surface area contributed by atoms with Crippen molar-refractivity contribution in [3.63, 3.8) is 0 Å². The average molecular weight is 556 g/mol. The molecule has 0 amide bonds. The molecule has 0 atom stereocenters. The molecule has 1 N–H and O–H groups in total. The minimum absolute atomic E-state index is 0.624. The number of furan rings is 2. The van der Waals surface area contributed by atoms with Gasteiger partial charge in [-0.2, -0.15) is 0 Å². The van der Waals surface area contributed by atoms with E-state index >= 15 is 0 Å². The van der Waals surface area contributed by atoms with Gasteiger partial charge in [0.15, 0.2) is 5.58 Å². The first-order valence-electron chi connectivity index (χ1n) is 14.4. The van der Waals surface area contributed by atoms with Crippen molar-refractivity contribution < 1.29 is 8.83 Å². The highest BCUT2D eigenvalue weighted by atomic mass is 16.4. The first-order chi connectivity index (χ1) is 21.3. The zero-order valence-corrected chi connectivity index (χ0v) is 23.1. The number of benzene rings is 5. The van der Waals surface area contributed by atoms with Crippen LogP contribution in [-0.2, 0) is 0 Å². The molecule has 8 aromatic rings. The predicted octanol–water partition coefficient (Wildman–Crippen LogP) is 10.5. The summed E-state index contributed by atoms with van der Waals surface area (Å²) in [6.07, 6.45) is 6.06. The first-order valence-corrected chi connectivity index (χ1v) is 14.4. The second-order valence-electron chi connectivity index (χ2n) is 10.8. The van der Waals surface area contributed by atoms with Crippen LogP contribution in [0.15, 0.2) is 136 Å². The number of para-hydroxylation sites is 1. The van der Waals surface area contributed by atoms with E-state index < -0.39 is 0 Å². The lowest BCUT2D eigenvalue weighted by Gasteiger charge is -2.27. The van der Waals surface area contributed by atoms with Crippen LogP contribution in [0.25, 0.3) is 61.0 Å². The van der Waals surface area contributed by atoms with Crippen LogP contribution in [0.3, 0.4) is 0 Å². The van der Waals surface area contributed by atoms with Crippen molar-refractivity contribution in [3.05, 3.63) is 133 Å². The molecule has 0 spiro atoms. The monoisotopic (exact) mass is 555 g/mol. The third-order valence-electron chi connectivity index (χ3n) is 8.32. The van der Waals surface area contributed by atoms with Crippen LogP contribution in [-0.4, -0.2) is 11.5 Å². The summed E-state index contributed by atoms with van der Waals surface area (Å²) in [5.41, 5.74) is 8.57. The van der Waals surface area contributed by atoms with E-state index in [2.05, 4.69) is 130 Å². The highest BCUT2D eigenvalue weighted by molar-refractivity contribution is 6.13. The third-order valence-corrected chi connectivity index (χ3v) is 8.32. The van der Waals surface area contributed by atoms with E-state index in [1.165, 1.54) is 10.9 Å². The van der Waals surface area contributed by atoms with Crippen molar-refractivity contribution in [1.29, 1.82) is 0 Å². The molecule has 4 heterocycles. The fourth-order valence-electron chi connectivity index (χ4n) is 6.44. The fourth-order valence-corrected chi connectivity index (χ4v) is 6.44. The van der Waals surface area contributed by atoms with Crippen LogP contribution in [0.2, 0.25) is 0 Å². The van der Waals surface area contributed by atoms with E-state index in [1.807, 2.05) is 12.1 Å². The van der Waals surface area contributed by atoms with Gasteiger partial charge in [0.1, 0.15) is 5.58 Å². The van der Waals surface area contributed by atoms with E-state index in [4.69, 9.17) is 8.83 Å². The van der Waals surface area contributed by atoms with Gasteiger partial charge in [0.25, 0.3) is 0 Å². The summed E-state index contributed by atoms with van der Waals surface area (Å²) in [5.74, 6) is 0.791. The zero-order valence-electron chi connectivity index (χ0n) is 23.1. The van der Waals surface area contributed by atoms with Crippen molar-refractivity contribution in [2.75, 3.05) is 16.8 Å². The summed E-state index contributed by atoms with van der Waals surface area (Å²) < 4.78 is 12.8. The molecule has 0 aliphatic carbocycles. The Morgan fingerprint density at radius 1 is 0.698 bits per heavy atom. The van der Waals surface area contributed by atoms with Crippen LogP contribution in [0.4, 0.5) is 22.9 Å². The van der Waals surface area contributed by atoms with Crippen molar-refractivity contribution in [1.82, 2.24) is 4.98 Å². The van der Waals surface area contributed by atoms with Crippen LogP contribution in [0.5, 0.6) is 0 Å². The molecular weight excluding hydrogens is 530 g/mol. The highest BCUT2D eigenvalue weighted by Crippen LogP contribution is 2.48. The smallest absolute Gasteiger partial charge is 0.227 e. The number of nitrogens with zero attached hydrogens (tertiary/aromatic N) is 2. The molecule has 0 radical (unpaired) electrons. The quantitative estimate of drug-likeness (QED) is 0.234. The Labute approximate surface area is 247 Å². The number of nitrogens with one attached hydrogen (secondary N) is 1. The summed E-state index contributed by atoms with van der Waals surface area (Å²) in [6.45, 7) is 0.738. The van der Waals surface area contributed by atoms with Crippen LogP contribution in [0, 0.1) is 0 Å². The van der Waals surface area contributed by atoms with Gasteiger partial charge in [-0.05, 0) is 64.4 Å². The Morgan fingerprint density at radius 2 is 1.51 bits per heavy atom. The summed E-state index contributed by atoms with van der Waals surface area (Å²) in [7, 11) is 0. The molecule has 0 fully saturated rings. The Balaban J connectivity index is 1.41. The van der Waals surface area contributed by atoms with E-state index in [0.717, 1.165) is 73.3 Å². The third kappa shape index (κ3) is 3.68. The molecule has 1 aliphatic heterocycles. The summed E-state index contributed by atoms with van der Waals surface area (Å²) >= 11 is 0. The van der Waals surface area contributed by atoms with Crippen LogP contribution < -0.4 is 10.2 Å². The van der Waals surface area contributed by atoms with Gasteiger partial charge in [0, 0.05) is 34.8 Å². The van der Waals surface area contributed by atoms with E-state index in [9.17, 15) is 0 Å². The molecule has 5 aromatic carbocycles. The zero-order chi connectivity index (χ0) is 28.3. The molecule has 5 heteroatoms. The van der Waals surface area contributed by atoms with Gasteiger partial charge >= 0.3 is 0 Å². The number of aromatic nitrogens is 1. The molecule has 43 heavy (non-hydrogen) atoms. The van der Waals surface area contributed by atoms with Crippen molar-refractivity contribution in [2.24, 2.45) is 0 Å². The van der Waals surface area contributed by atoms with Gasteiger partial charge in [0.2, 0.25) is 11.6 Å². The standard InChI is InChI=1S/C38H25N3O2/c1-2-10-24(11-3-1)31-23-26(22-25-12-4-5-13-27(25)31)41(32-17-7-19-34-35(32)30-16-9-21-40-38(30)42-34)33-18-6-14-28-29-15-8-20-39-37(29)43-36(28)33/h1-20,22-23,40H,21H2. The molecule has 1 aliphatic rings. The predicted molar refractivity (Wildman–Crippen MR) is 176 cm³/mol. The lowest BCUT2D eigenvalue weighted by molar-refractivity contribution is 0.628. The Morgan fingerprint density at radius 3 is 2.47 bits per heavy atom. The molecule has 0 unspecified atom stereocenters. The van der Waals surface area contributed by atoms with Gasteiger partial charge < -0.3 is 19.1 Å². The van der Waals surface area contributed by atoms with Gasteiger partial charge in [-0.3, -0.25) is 0 Å². The maximum atomic E-state index is 6.51. The van der Waals surface area contributed by atoms with Gasteiger partial charge in [0.05, 0.1) is 16.8 Å². The number of hydrogen-bond acceptors (Lipinski definition) is 5. The normalized spacial score (nSPS) is 12.7. The van der Waals surface area contributed by atoms with Gasteiger partial charge in [-0.15, -0.1) is 0 Å². The number of pyridine rings is 1. The lowest BCUT2D eigenvalue weighted by Crippen LogP contribution is -2.11. The van der Waals surface area contributed by atoms with Crippen LogP contribution in [0.1, 0.15) is 5.56 Å². The Hall–Kier alpha value is -5.81. The molecule has 204 valence electrons. The Kier molecular flexibility index (Phi) is 5.19. The van der Waals surface area contributed by atoms with E-state index in [-0.39, 0.29) is 0 Å². The van der Waals surface area contributed by atoms with Gasteiger partial charge in [-0.1, -0.05) is 84.9 Å². The summed E-state index contributed by atoms with van der Waals surface area (Å²) in [4.78, 5) is 6.85. The SMILES string of the molecule is C1=Cc2c(oc3cccc(N(c4cc(-c5ccccc5)c5ccccc5c4)c4cccc5c4oc4ncccc45)c23)NC1. The topological polar surface area (TPSA) is 54.4 Å². The van der Waals surface area contributed by atoms with Crippen LogP contribution >= 0.6 is 0 Å². The number of hydrogen-bond donors (Lipinski definition) is 1. The summed E-state index contributed by atoms with van der Waals surface area (Å²) in [6, 6.07) is 40.3. The second kappa shape index (κ2) is 9.36. The average Bonchev–Trinajstić information content (AvgIpc) is 3.64. The summed E-state index contributed by atoms with van der Waals surface area (Å²) in [5, 5.41) is 8.83. The lowest BCUT2D eigenvalue weighted by atomic mass is 9.96. The molecular formula is C38H25N3O2. The molecule has 0 saturated heterocycles. The highest BCUT2D eigenvalue weighted by Gasteiger charge is 2.26. The minimum Gasteiger partial charge on any atom is -0.440 e. The maximum absolute atomic E-state index is 6.51. The largest absolute Gasteiger partial charge is 0.440 e. The molecule has 0 saturated carbocycles. The minimum atomic E-state index is 0.624. The van der Waals surface area contributed by atoms with E-state index in [1.54, 1.807) is 6.20 Å². The molecule has 3 aromatic heterocycles. The fraction of sp³-hybridized carbons (Fsp3) is 0.0263. The molecule has 0 bridgehead atoms. The maximum Gasteiger partial charge on any atom is 0.227 e. The molecule has 5 nitrogen and oxygen atoms in total. The van der Waals surface area contributed by atoms with Crippen molar-refractivity contribution in [3.8, 4) is 11.1 Å². The number of rotatable bonds is 4. The van der Waals surface area contributed by atoms with Crippen molar-refractivity contribution in [2.45, 2.75) is 0 Å². The Bertz CT molecular complexity index is 2360. The second-order valence-corrected chi connectivity index (χ2v) is 10.8. The van der Waals surface area contributed by atoms with E-state index in [0.29, 0.717) is 5.71 Å². The number of fused-ring (bicyclic) bond motifs is 7. The van der Waals surface area contributed by atoms with Crippen molar-refractivity contribution >= 4 is 72.8 Å². The molecule has 9 rings (SSSR count).